The summed E-state index contributed by atoms with van der Waals surface area (Å²) in [5.41, 5.74) is -0.547. The van der Waals surface area contributed by atoms with Crippen LogP contribution >= 0.6 is 0 Å². The highest BCUT2D eigenvalue weighted by Crippen LogP contribution is 2.36. The van der Waals surface area contributed by atoms with E-state index in [-0.39, 0.29) is 0 Å². The van der Waals surface area contributed by atoms with Crippen molar-refractivity contribution in [2.75, 3.05) is 18.4 Å². The molecule has 0 bridgehead atoms. The molecule has 0 radical (unpaired) electrons. The zero-order chi connectivity index (χ0) is 19.8. The smallest absolute Gasteiger partial charge is 0.465 e. The number of carbonyl (C=O) groups is 1. The van der Waals surface area contributed by atoms with Gasteiger partial charge >= 0.3 is 13.2 Å². The van der Waals surface area contributed by atoms with Crippen LogP contribution in [-0.4, -0.2) is 63.0 Å². The molecule has 1 aromatic heterocycles. The van der Waals surface area contributed by atoms with Gasteiger partial charge in [0.1, 0.15) is 0 Å². The fraction of sp³-hybridized carbons (Fsp3) is 0.706. The minimum atomic E-state index is -0.948. The Balaban J connectivity index is 1.93. The number of hydrogen-bond donors (Lipinski definition) is 2. The van der Waals surface area contributed by atoms with Gasteiger partial charge in [-0.15, -0.1) is 0 Å². The lowest BCUT2D eigenvalue weighted by Crippen LogP contribution is -2.47. The Morgan fingerprint density at radius 1 is 1.19 bits per heavy atom. The molecule has 0 aliphatic carbocycles. The van der Waals surface area contributed by atoms with E-state index in [0.29, 0.717) is 19.0 Å². The number of aromatic nitrogens is 2. The molecule has 0 aromatic carbocycles. The summed E-state index contributed by atoms with van der Waals surface area (Å²) in [5, 5.41) is 12.3. The van der Waals surface area contributed by atoms with E-state index < -0.39 is 30.0 Å². The highest BCUT2D eigenvalue weighted by Gasteiger charge is 2.51. The third-order valence-electron chi connectivity index (χ3n) is 4.86. The second-order valence-electron chi connectivity index (χ2n) is 8.46. The standard InChI is InChI=1S/C17H29BN4O4/c1-15(2,3)22(14(23)24)9-8-19-13-20-10-12(11-21-13)18-25-16(4,5)17(6,7)26-18/h10-11H,8-9H2,1-7H3,(H,23,24)(H,19,20,21). The summed E-state index contributed by atoms with van der Waals surface area (Å²) in [6.45, 7) is 14.3. The van der Waals surface area contributed by atoms with Crippen molar-refractivity contribution >= 4 is 24.6 Å². The third kappa shape index (κ3) is 4.45. The maximum atomic E-state index is 11.3. The van der Waals surface area contributed by atoms with Crippen LogP contribution < -0.4 is 10.8 Å². The largest absolute Gasteiger partial charge is 0.498 e. The first-order valence-electron chi connectivity index (χ1n) is 8.75. The lowest BCUT2D eigenvalue weighted by Gasteiger charge is -2.33. The van der Waals surface area contributed by atoms with Gasteiger partial charge in [0, 0.05) is 36.5 Å². The average molecular weight is 364 g/mol. The quantitative estimate of drug-likeness (QED) is 0.771. The van der Waals surface area contributed by atoms with Crippen molar-refractivity contribution in [3.63, 3.8) is 0 Å². The molecule has 0 saturated carbocycles. The highest BCUT2D eigenvalue weighted by molar-refractivity contribution is 6.61. The Morgan fingerprint density at radius 3 is 2.12 bits per heavy atom. The van der Waals surface area contributed by atoms with E-state index >= 15 is 0 Å². The molecule has 26 heavy (non-hydrogen) atoms. The average Bonchev–Trinajstić information content (AvgIpc) is 2.71. The summed E-state index contributed by atoms with van der Waals surface area (Å²) in [5.74, 6) is 0.435. The van der Waals surface area contributed by atoms with Crippen LogP contribution in [0.1, 0.15) is 48.5 Å². The number of hydrogen-bond acceptors (Lipinski definition) is 6. The monoisotopic (exact) mass is 364 g/mol. The molecule has 2 rings (SSSR count). The van der Waals surface area contributed by atoms with Crippen molar-refractivity contribution in [2.45, 2.75) is 65.2 Å². The predicted octanol–water partition coefficient (Wildman–Crippen LogP) is 1.97. The summed E-state index contributed by atoms with van der Waals surface area (Å²) >= 11 is 0. The molecule has 1 aromatic rings. The molecule has 1 aliphatic heterocycles. The number of nitrogens with one attached hydrogen (secondary N) is 1. The zero-order valence-corrected chi connectivity index (χ0v) is 16.7. The van der Waals surface area contributed by atoms with E-state index in [0.717, 1.165) is 5.46 Å². The number of amides is 1. The molecule has 2 heterocycles. The van der Waals surface area contributed by atoms with Crippen LogP contribution in [0.2, 0.25) is 0 Å². The van der Waals surface area contributed by atoms with Gasteiger partial charge in [0.25, 0.3) is 0 Å². The van der Waals surface area contributed by atoms with Gasteiger partial charge < -0.3 is 24.6 Å². The van der Waals surface area contributed by atoms with Gasteiger partial charge in [-0.2, -0.15) is 0 Å². The van der Waals surface area contributed by atoms with Gasteiger partial charge in [-0.25, -0.2) is 14.8 Å². The highest BCUT2D eigenvalue weighted by atomic mass is 16.7. The third-order valence-corrected chi connectivity index (χ3v) is 4.86. The molecule has 1 amide bonds. The summed E-state index contributed by atoms with van der Waals surface area (Å²) < 4.78 is 11.9. The van der Waals surface area contributed by atoms with Crippen LogP contribution in [-0.2, 0) is 9.31 Å². The number of nitrogens with zero attached hydrogens (tertiary/aromatic N) is 3. The molecule has 0 unspecified atom stereocenters. The lowest BCUT2D eigenvalue weighted by molar-refractivity contribution is 0.00578. The molecule has 1 fully saturated rings. The summed E-state index contributed by atoms with van der Waals surface area (Å²) in [6, 6.07) is 0. The minimum Gasteiger partial charge on any atom is -0.465 e. The molecule has 144 valence electrons. The molecule has 8 nitrogen and oxygen atoms in total. The first-order chi connectivity index (χ1) is 11.8. The van der Waals surface area contributed by atoms with E-state index in [4.69, 9.17) is 9.31 Å². The van der Waals surface area contributed by atoms with Crippen LogP contribution in [0.5, 0.6) is 0 Å². The van der Waals surface area contributed by atoms with Crippen LogP contribution in [0.3, 0.4) is 0 Å². The predicted molar refractivity (Wildman–Crippen MR) is 101 cm³/mol. The van der Waals surface area contributed by atoms with Gasteiger partial charge in [0.2, 0.25) is 5.95 Å². The first-order valence-corrected chi connectivity index (χ1v) is 8.75. The van der Waals surface area contributed by atoms with E-state index in [9.17, 15) is 9.90 Å². The molecule has 2 N–H and O–H groups in total. The molecule has 1 saturated heterocycles. The Bertz CT molecular complexity index is 627. The summed E-state index contributed by atoms with van der Waals surface area (Å²) in [7, 11) is -0.502. The summed E-state index contributed by atoms with van der Waals surface area (Å²) in [4.78, 5) is 21.2. The normalized spacial score (nSPS) is 18.7. The number of anilines is 1. The van der Waals surface area contributed by atoms with E-state index in [2.05, 4.69) is 15.3 Å². The fourth-order valence-corrected chi connectivity index (χ4v) is 2.53. The van der Waals surface area contributed by atoms with Crippen molar-refractivity contribution < 1.29 is 19.2 Å². The Kier molecular flexibility index (Phi) is 5.53. The van der Waals surface area contributed by atoms with Gasteiger partial charge in [-0.3, -0.25) is 0 Å². The molecule has 0 spiro atoms. The molecule has 0 atom stereocenters. The maximum Gasteiger partial charge on any atom is 0.498 e. The van der Waals surface area contributed by atoms with Crippen molar-refractivity contribution in [1.29, 1.82) is 0 Å². The molecule has 1 aliphatic rings. The Hall–Kier alpha value is -1.87. The van der Waals surface area contributed by atoms with Gasteiger partial charge in [-0.1, -0.05) is 0 Å². The minimum absolute atomic E-state index is 0.334. The Labute approximate surface area is 155 Å². The second kappa shape index (κ2) is 7.04. The molecular weight excluding hydrogens is 335 g/mol. The van der Waals surface area contributed by atoms with Crippen LogP contribution in [0.4, 0.5) is 10.7 Å². The SMILES string of the molecule is CC(C)(C)N(CCNc1ncc(B2OC(C)(C)C(C)(C)O2)cn1)C(=O)O. The van der Waals surface area contributed by atoms with E-state index in [1.165, 1.54) is 4.90 Å². The summed E-state index contributed by atoms with van der Waals surface area (Å²) in [6.07, 6.45) is 2.38. The van der Waals surface area contributed by atoms with Gasteiger partial charge in [-0.05, 0) is 48.5 Å². The first kappa shape index (κ1) is 20.4. The van der Waals surface area contributed by atoms with Crippen molar-refractivity contribution in [1.82, 2.24) is 14.9 Å². The number of rotatable bonds is 5. The van der Waals surface area contributed by atoms with Crippen molar-refractivity contribution in [2.24, 2.45) is 0 Å². The van der Waals surface area contributed by atoms with Crippen LogP contribution in [0, 0.1) is 0 Å². The van der Waals surface area contributed by atoms with Crippen LogP contribution in [0.25, 0.3) is 0 Å². The van der Waals surface area contributed by atoms with Gasteiger partial charge in [0.05, 0.1) is 11.2 Å². The van der Waals surface area contributed by atoms with E-state index in [1.54, 1.807) is 12.4 Å². The van der Waals surface area contributed by atoms with Crippen molar-refractivity contribution in [3.05, 3.63) is 12.4 Å². The topological polar surface area (TPSA) is 96.8 Å². The molecular formula is C17H29BN4O4. The van der Waals surface area contributed by atoms with Crippen molar-refractivity contribution in [3.8, 4) is 0 Å². The van der Waals surface area contributed by atoms with Crippen LogP contribution in [0.15, 0.2) is 12.4 Å². The van der Waals surface area contributed by atoms with Gasteiger partial charge in [0.15, 0.2) is 0 Å². The number of carboxylic acid groups (broad SMARTS) is 1. The molecule has 9 heteroatoms. The second-order valence-corrected chi connectivity index (χ2v) is 8.46. The fourth-order valence-electron chi connectivity index (χ4n) is 2.53. The zero-order valence-electron chi connectivity index (χ0n) is 16.7. The maximum absolute atomic E-state index is 11.3. The van der Waals surface area contributed by atoms with E-state index in [1.807, 2.05) is 48.5 Å². The Morgan fingerprint density at radius 2 is 1.69 bits per heavy atom. The lowest BCUT2D eigenvalue weighted by atomic mass is 9.81.